The van der Waals surface area contributed by atoms with E-state index < -0.39 is 17.4 Å². The number of carboxylic acid groups (broad SMARTS) is 1. The lowest BCUT2D eigenvalue weighted by molar-refractivity contribution is -0.144. The fourth-order valence-corrected chi connectivity index (χ4v) is 2.70. The predicted molar refractivity (Wildman–Crippen MR) is 74.9 cm³/mol. The number of carbonyl (C=O) groups excluding carboxylic acids is 1. The third kappa shape index (κ3) is 2.67. The molecule has 1 aliphatic carbocycles. The Kier molecular flexibility index (Phi) is 4.09. The highest BCUT2D eigenvalue weighted by molar-refractivity contribution is 5.88. The van der Waals surface area contributed by atoms with E-state index in [0.717, 1.165) is 12.8 Å². The molecule has 0 saturated heterocycles. The zero-order valence-electron chi connectivity index (χ0n) is 11.5. The summed E-state index contributed by atoms with van der Waals surface area (Å²) in [6.07, 6.45) is 2.39. The van der Waals surface area contributed by atoms with Crippen molar-refractivity contribution in [3.8, 4) is 0 Å². The van der Waals surface area contributed by atoms with E-state index in [9.17, 15) is 14.7 Å². The highest BCUT2D eigenvalue weighted by Gasteiger charge is 2.44. The zero-order valence-corrected chi connectivity index (χ0v) is 11.5. The molecule has 1 aromatic rings. The van der Waals surface area contributed by atoms with Gasteiger partial charge in [-0.2, -0.15) is 0 Å². The van der Waals surface area contributed by atoms with Crippen LogP contribution in [0.5, 0.6) is 0 Å². The van der Waals surface area contributed by atoms with Crippen molar-refractivity contribution in [1.29, 1.82) is 0 Å². The van der Waals surface area contributed by atoms with Crippen LogP contribution in [0.2, 0.25) is 0 Å². The summed E-state index contributed by atoms with van der Waals surface area (Å²) < 4.78 is 0. The largest absolute Gasteiger partial charge is 0.479 e. The Bertz CT molecular complexity index is 503. The summed E-state index contributed by atoms with van der Waals surface area (Å²) in [6.45, 7) is 1.81. The Labute approximate surface area is 118 Å². The Balaban J connectivity index is 2.17. The van der Waals surface area contributed by atoms with Crippen molar-refractivity contribution in [1.82, 2.24) is 5.32 Å². The second-order valence-corrected chi connectivity index (χ2v) is 5.57. The lowest BCUT2D eigenvalue weighted by atomic mass is 9.83. The van der Waals surface area contributed by atoms with E-state index in [2.05, 4.69) is 5.32 Å². The first-order valence-electron chi connectivity index (χ1n) is 6.79. The first-order chi connectivity index (χ1) is 9.45. The van der Waals surface area contributed by atoms with Crippen LogP contribution < -0.4 is 11.1 Å². The molecule has 0 aromatic heterocycles. The molecule has 4 N–H and O–H groups in total. The molecule has 20 heavy (non-hydrogen) atoms. The third-order valence-electron chi connectivity index (χ3n) is 4.20. The van der Waals surface area contributed by atoms with Gasteiger partial charge in [-0.05, 0) is 25.3 Å². The number of nitrogens with one attached hydrogen (secondary N) is 1. The Morgan fingerprint density at radius 2 is 2.05 bits per heavy atom. The molecule has 0 heterocycles. The van der Waals surface area contributed by atoms with Gasteiger partial charge in [-0.15, -0.1) is 0 Å². The van der Waals surface area contributed by atoms with Crippen LogP contribution in [0.4, 0.5) is 0 Å². The van der Waals surface area contributed by atoms with Gasteiger partial charge in [0.1, 0.15) is 0 Å². The Hall–Kier alpha value is -1.88. The summed E-state index contributed by atoms with van der Waals surface area (Å²) in [6, 6.07) is 7.44. The second-order valence-electron chi connectivity index (χ2n) is 5.57. The monoisotopic (exact) mass is 276 g/mol. The second kappa shape index (κ2) is 5.63. The number of rotatable bonds is 4. The van der Waals surface area contributed by atoms with E-state index in [1.807, 2.05) is 6.92 Å². The maximum absolute atomic E-state index is 12.4. The molecule has 5 heteroatoms. The molecule has 1 saturated carbocycles. The molecule has 0 bridgehead atoms. The normalized spacial score (nSPS) is 27.0. The van der Waals surface area contributed by atoms with Crippen LogP contribution in [0.3, 0.4) is 0 Å². The fourth-order valence-electron chi connectivity index (χ4n) is 2.70. The molecule has 1 aliphatic rings. The average molecular weight is 276 g/mol. The molecule has 2 unspecified atom stereocenters. The zero-order chi connectivity index (χ0) is 14.8. The SMILES string of the molecule is CC1(C(=O)N[C@H](C(=O)O)c2ccccc2)CCCC1N. The fraction of sp³-hybridized carbons (Fsp3) is 0.467. The molecule has 1 fully saturated rings. The van der Waals surface area contributed by atoms with E-state index in [4.69, 9.17) is 5.73 Å². The third-order valence-corrected chi connectivity index (χ3v) is 4.20. The molecule has 1 aromatic carbocycles. The number of benzene rings is 1. The van der Waals surface area contributed by atoms with Crippen molar-refractivity contribution >= 4 is 11.9 Å². The summed E-state index contributed by atoms with van der Waals surface area (Å²) >= 11 is 0. The van der Waals surface area contributed by atoms with Gasteiger partial charge in [0, 0.05) is 6.04 Å². The van der Waals surface area contributed by atoms with Crippen molar-refractivity contribution in [2.24, 2.45) is 11.1 Å². The molecule has 108 valence electrons. The predicted octanol–water partition coefficient (Wildman–Crippen LogP) is 1.45. The maximum Gasteiger partial charge on any atom is 0.330 e. The van der Waals surface area contributed by atoms with Crippen molar-refractivity contribution in [2.45, 2.75) is 38.3 Å². The van der Waals surface area contributed by atoms with Crippen molar-refractivity contribution in [3.63, 3.8) is 0 Å². The van der Waals surface area contributed by atoms with E-state index >= 15 is 0 Å². The van der Waals surface area contributed by atoms with Gasteiger partial charge in [0.15, 0.2) is 6.04 Å². The van der Waals surface area contributed by atoms with Crippen LogP contribution in [0.25, 0.3) is 0 Å². The van der Waals surface area contributed by atoms with E-state index in [0.29, 0.717) is 12.0 Å². The summed E-state index contributed by atoms with van der Waals surface area (Å²) in [5.74, 6) is -1.35. The lowest BCUT2D eigenvalue weighted by Crippen LogP contribution is -2.49. The minimum Gasteiger partial charge on any atom is -0.479 e. The van der Waals surface area contributed by atoms with Gasteiger partial charge in [-0.3, -0.25) is 4.79 Å². The van der Waals surface area contributed by atoms with Crippen LogP contribution in [-0.4, -0.2) is 23.0 Å². The number of hydrogen-bond donors (Lipinski definition) is 3. The summed E-state index contributed by atoms with van der Waals surface area (Å²) in [5, 5.41) is 11.9. The van der Waals surface area contributed by atoms with Crippen molar-refractivity contribution in [2.75, 3.05) is 0 Å². The number of amides is 1. The molecule has 0 spiro atoms. The minimum atomic E-state index is -1.07. The maximum atomic E-state index is 12.4. The molecule has 5 nitrogen and oxygen atoms in total. The number of carbonyl (C=O) groups is 2. The molecule has 3 atom stereocenters. The molecular formula is C15H20N2O3. The van der Waals surface area contributed by atoms with Gasteiger partial charge in [0.25, 0.3) is 0 Å². The quantitative estimate of drug-likeness (QED) is 0.776. The Morgan fingerprint density at radius 1 is 1.40 bits per heavy atom. The number of aliphatic carboxylic acids is 1. The topological polar surface area (TPSA) is 92.4 Å². The van der Waals surface area contributed by atoms with Crippen molar-refractivity contribution in [3.05, 3.63) is 35.9 Å². The van der Waals surface area contributed by atoms with Gasteiger partial charge < -0.3 is 16.2 Å². The van der Waals surface area contributed by atoms with Gasteiger partial charge in [-0.25, -0.2) is 4.79 Å². The van der Waals surface area contributed by atoms with Gasteiger partial charge >= 0.3 is 5.97 Å². The molecule has 1 amide bonds. The summed E-state index contributed by atoms with van der Waals surface area (Å²) in [5.41, 5.74) is 5.88. The van der Waals surface area contributed by atoms with Crippen LogP contribution in [0, 0.1) is 5.41 Å². The van der Waals surface area contributed by atoms with Gasteiger partial charge in [-0.1, -0.05) is 36.8 Å². The summed E-state index contributed by atoms with van der Waals surface area (Å²) in [7, 11) is 0. The number of nitrogens with two attached hydrogens (primary N) is 1. The highest BCUT2D eigenvalue weighted by Crippen LogP contribution is 2.37. The van der Waals surface area contributed by atoms with Crippen molar-refractivity contribution < 1.29 is 14.7 Å². The highest BCUT2D eigenvalue weighted by atomic mass is 16.4. The first-order valence-corrected chi connectivity index (χ1v) is 6.79. The number of carboxylic acids is 1. The van der Waals surface area contributed by atoms with E-state index in [-0.39, 0.29) is 11.9 Å². The first kappa shape index (κ1) is 14.5. The van der Waals surface area contributed by atoms with Gasteiger partial charge in [0.2, 0.25) is 5.91 Å². The van der Waals surface area contributed by atoms with Crippen LogP contribution in [0.1, 0.15) is 37.8 Å². The molecule has 0 aliphatic heterocycles. The van der Waals surface area contributed by atoms with E-state index in [1.54, 1.807) is 30.3 Å². The lowest BCUT2D eigenvalue weighted by Gasteiger charge is -2.29. The number of hydrogen-bond acceptors (Lipinski definition) is 3. The van der Waals surface area contributed by atoms with E-state index in [1.165, 1.54) is 0 Å². The molecule has 2 rings (SSSR count). The summed E-state index contributed by atoms with van der Waals surface area (Å²) in [4.78, 5) is 23.8. The van der Waals surface area contributed by atoms with Crippen LogP contribution in [0.15, 0.2) is 30.3 Å². The van der Waals surface area contributed by atoms with Gasteiger partial charge in [0.05, 0.1) is 5.41 Å². The smallest absolute Gasteiger partial charge is 0.330 e. The molecule has 0 radical (unpaired) electrons. The average Bonchev–Trinajstić information content (AvgIpc) is 2.77. The van der Waals surface area contributed by atoms with Crippen LogP contribution >= 0.6 is 0 Å². The van der Waals surface area contributed by atoms with Crippen LogP contribution in [-0.2, 0) is 9.59 Å². The molecular weight excluding hydrogens is 256 g/mol. The Morgan fingerprint density at radius 3 is 2.55 bits per heavy atom. The minimum absolute atomic E-state index is 0.215. The standard InChI is InChI=1S/C15H20N2O3/c1-15(9-5-8-11(15)16)14(20)17-12(13(18)19)10-6-3-2-4-7-10/h2-4,6-7,11-12H,5,8-9,16H2,1H3,(H,17,20)(H,18,19)/t11?,12-,15?/m0/s1.